The number of aryl methyl sites for hydroxylation is 3. The monoisotopic (exact) mass is 401 g/mol. The molecule has 0 atom stereocenters. The summed E-state index contributed by atoms with van der Waals surface area (Å²) < 4.78 is 1.06. The topological polar surface area (TPSA) is 47.0 Å². The zero-order valence-corrected chi connectivity index (χ0v) is 17.9. The normalized spacial score (nSPS) is 20.3. The minimum Gasteiger partial charge on any atom is -0.299 e. The van der Waals surface area contributed by atoms with Crippen LogP contribution in [0.25, 0.3) is 0 Å². The number of rotatable bonds is 7. The van der Waals surface area contributed by atoms with Crippen molar-refractivity contribution in [3.63, 3.8) is 0 Å². The number of thioether (sulfide) groups is 1. The summed E-state index contributed by atoms with van der Waals surface area (Å²) >= 11 is 3.35. The van der Waals surface area contributed by atoms with E-state index in [0.29, 0.717) is 12.8 Å². The van der Waals surface area contributed by atoms with E-state index >= 15 is 0 Å². The van der Waals surface area contributed by atoms with Gasteiger partial charge in [0.05, 0.1) is 0 Å². The van der Waals surface area contributed by atoms with Crippen molar-refractivity contribution in [1.29, 1.82) is 0 Å². The van der Waals surface area contributed by atoms with Crippen molar-refractivity contribution in [3.05, 3.63) is 46.0 Å². The zero-order valence-electron chi connectivity index (χ0n) is 16.3. The molecule has 1 saturated carbocycles. The van der Waals surface area contributed by atoms with Crippen LogP contribution in [0.2, 0.25) is 0 Å². The number of hydrogen-bond acceptors (Lipinski definition) is 5. The highest BCUT2D eigenvalue weighted by molar-refractivity contribution is 8.00. The Bertz CT molecular complexity index is 771. The molecule has 0 spiro atoms. The van der Waals surface area contributed by atoms with E-state index in [9.17, 15) is 9.59 Å². The van der Waals surface area contributed by atoms with E-state index in [-0.39, 0.29) is 17.5 Å². The van der Waals surface area contributed by atoms with Crippen LogP contribution in [0.5, 0.6) is 0 Å². The highest BCUT2D eigenvalue weighted by Gasteiger charge is 2.38. The first-order valence-electron chi connectivity index (χ1n) is 9.73. The first-order valence-corrected chi connectivity index (χ1v) is 11.6. The van der Waals surface area contributed by atoms with Crippen molar-refractivity contribution in [1.82, 2.24) is 4.98 Å². The number of benzene rings is 1. The van der Waals surface area contributed by atoms with Crippen LogP contribution in [0.3, 0.4) is 0 Å². The van der Waals surface area contributed by atoms with Crippen molar-refractivity contribution in [3.8, 4) is 0 Å². The van der Waals surface area contributed by atoms with Gasteiger partial charge in [-0.25, -0.2) is 4.98 Å². The summed E-state index contributed by atoms with van der Waals surface area (Å²) in [5, 5.41) is 1.97. The van der Waals surface area contributed by atoms with Crippen molar-refractivity contribution in [2.45, 2.75) is 63.1 Å². The Kier molecular flexibility index (Phi) is 6.88. The smallest absolute Gasteiger partial charge is 0.149 e. The summed E-state index contributed by atoms with van der Waals surface area (Å²) in [6.07, 6.45) is 5.46. The molecule has 1 aromatic heterocycles. The van der Waals surface area contributed by atoms with Gasteiger partial charge < -0.3 is 0 Å². The molecule has 1 aromatic carbocycles. The fourth-order valence-electron chi connectivity index (χ4n) is 4.09. The van der Waals surface area contributed by atoms with Crippen LogP contribution in [0.15, 0.2) is 28.0 Å². The van der Waals surface area contributed by atoms with Gasteiger partial charge in [0.15, 0.2) is 0 Å². The van der Waals surface area contributed by atoms with Gasteiger partial charge in [-0.2, -0.15) is 0 Å². The molecule has 144 valence electrons. The molecule has 0 aliphatic heterocycles. The fraction of sp³-hybridized carbons (Fsp3) is 0.500. The average Bonchev–Trinajstić information content (AvgIpc) is 3.15. The van der Waals surface area contributed by atoms with Crippen LogP contribution in [0.1, 0.15) is 61.3 Å². The molecule has 1 aliphatic rings. The van der Waals surface area contributed by atoms with Gasteiger partial charge in [-0.3, -0.25) is 9.59 Å². The minimum atomic E-state index is -0.543. The molecule has 1 aliphatic carbocycles. The van der Waals surface area contributed by atoms with Crippen molar-refractivity contribution < 1.29 is 9.59 Å². The van der Waals surface area contributed by atoms with Crippen LogP contribution in [0, 0.1) is 12.8 Å². The molecule has 0 N–H and O–H groups in total. The van der Waals surface area contributed by atoms with Gasteiger partial charge in [-0.1, -0.05) is 43.3 Å². The van der Waals surface area contributed by atoms with Crippen LogP contribution >= 0.6 is 23.1 Å². The minimum absolute atomic E-state index is 0.115. The molecular weight excluding hydrogens is 374 g/mol. The number of Topliss-reactive ketones (excluding diaryl/α,β-unsaturated/α-hetero) is 2. The quantitative estimate of drug-likeness (QED) is 0.461. The van der Waals surface area contributed by atoms with Crippen molar-refractivity contribution in [2.75, 3.05) is 5.75 Å². The Morgan fingerprint density at radius 2 is 1.74 bits per heavy atom. The Morgan fingerprint density at radius 3 is 2.26 bits per heavy atom. The number of thiazole rings is 1. The summed E-state index contributed by atoms with van der Waals surface area (Å²) in [6, 6.07) is 4.29. The molecule has 2 aromatic rings. The van der Waals surface area contributed by atoms with E-state index in [2.05, 4.69) is 37.9 Å². The van der Waals surface area contributed by atoms with Gasteiger partial charge in [0, 0.05) is 30.2 Å². The predicted molar refractivity (Wildman–Crippen MR) is 113 cm³/mol. The summed E-state index contributed by atoms with van der Waals surface area (Å²) in [7, 11) is 0. The number of hydrogen-bond donors (Lipinski definition) is 0. The Balaban J connectivity index is 1.73. The lowest BCUT2D eigenvalue weighted by atomic mass is 9.73. The molecule has 0 amide bonds. The van der Waals surface area contributed by atoms with Crippen molar-refractivity contribution in [2.24, 2.45) is 5.92 Å². The second kappa shape index (κ2) is 9.16. The van der Waals surface area contributed by atoms with Crippen LogP contribution < -0.4 is 0 Å². The fourth-order valence-corrected chi connectivity index (χ4v) is 5.90. The summed E-state index contributed by atoms with van der Waals surface area (Å²) in [5.74, 6) is 0.772. The summed E-state index contributed by atoms with van der Waals surface area (Å²) in [4.78, 5) is 30.3. The maximum atomic E-state index is 13.0. The molecule has 0 bridgehead atoms. The second-order valence-electron chi connectivity index (χ2n) is 7.28. The molecule has 0 radical (unpaired) electrons. The summed E-state index contributed by atoms with van der Waals surface area (Å²) in [6.45, 7) is 6.30. The first kappa shape index (κ1) is 20.3. The number of aromatic nitrogens is 1. The lowest BCUT2D eigenvalue weighted by Crippen LogP contribution is -2.33. The number of carbonyl (C=O) groups is 2. The van der Waals surface area contributed by atoms with Gasteiger partial charge >= 0.3 is 0 Å². The molecular formula is C22H27NO2S2. The van der Waals surface area contributed by atoms with Gasteiger partial charge in [0.2, 0.25) is 0 Å². The van der Waals surface area contributed by atoms with Gasteiger partial charge in [0.25, 0.3) is 0 Å². The van der Waals surface area contributed by atoms with E-state index < -0.39 is 5.92 Å². The number of ketones is 2. The molecule has 5 heteroatoms. The van der Waals surface area contributed by atoms with Gasteiger partial charge in [-0.15, -0.1) is 11.3 Å². The highest BCUT2D eigenvalue weighted by atomic mass is 32.2. The Morgan fingerprint density at radius 1 is 1.11 bits per heavy atom. The SMILES string of the molecule is CCc1cc(C)cc(CC)c1C1C(=O)CC(CCSc2nccs2)CC1=O. The predicted octanol–water partition coefficient (Wildman–Crippen LogP) is 5.39. The molecule has 3 rings (SSSR count). The van der Waals surface area contributed by atoms with E-state index in [0.717, 1.165) is 46.0 Å². The largest absolute Gasteiger partial charge is 0.299 e. The second-order valence-corrected chi connectivity index (χ2v) is 9.52. The maximum absolute atomic E-state index is 13.0. The van der Waals surface area contributed by atoms with E-state index in [1.807, 2.05) is 11.6 Å². The third kappa shape index (κ3) is 4.69. The Labute approximate surface area is 170 Å². The average molecular weight is 402 g/mol. The third-order valence-electron chi connectivity index (χ3n) is 5.33. The van der Waals surface area contributed by atoms with Crippen LogP contribution in [-0.4, -0.2) is 22.3 Å². The number of carbonyl (C=O) groups excluding carboxylic acids is 2. The molecule has 3 nitrogen and oxygen atoms in total. The zero-order chi connectivity index (χ0) is 19.4. The maximum Gasteiger partial charge on any atom is 0.149 e. The van der Waals surface area contributed by atoms with Gasteiger partial charge in [0.1, 0.15) is 21.8 Å². The van der Waals surface area contributed by atoms with Crippen molar-refractivity contribution >= 4 is 34.7 Å². The standard InChI is InChI=1S/C22H27NO2S2/c1-4-16-10-14(3)11-17(5-2)20(16)21-18(24)12-15(13-19(21)25)6-8-26-22-23-7-9-27-22/h7,9-11,15,21H,4-6,8,12-13H2,1-3H3. The van der Waals surface area contributed by atoms with Crippen LogP contribution in [0.4, 0.5) is 0 Å². The van der Waals surface area contributed by atoms with E-state index in [4.69, 9.17) is 0 Å². The molecule has 1 heterocycles. The molecule has 0 saturated heterocycles. The van der Waals surface area contributed by atoms with Crippen LogP contribution in [-0.2, 0) is 22.4 Å². The van der Waals surface area contributed by atoms with Gasteiger partial charge in [-0.05, 0) is 48.8 Å². The lowest BCUT2D eigenvalue weighted by molar-refractivity contribution is -0.133. The first-order chi connectivity index (χ1) is 13.0. The Hall–Kier alpha value is -1.46. The molecule has 27 heavy (non-hydrogen) atoms. The summed E-state index contributed by atoms with van der Waals surface area (Å²) in [5.41, 5.74) is 4.55. The molecule has 1 fully saturated rings. The van der Waals surface area contributed by atoms with E-state index in [1.54, 1.807) is 23.1 Å². The van der Waals surface area contributed by atoms with E-state index in [1.165, 1.54) is 5.56 Å². The lowest BCUT2D eigenvalue weighted by Gasteiger charge is -2.29. The number of nitrogens with zero attached hydrogens (tertiary/aromatic N) is 1. The highest BCUT2D eigenvalue weighted by Crippen LogP contribution is 2.37. The third-order valence-corrected chi connectivity index (χ3v) is 7.33. The molecule has 0 unspecified atom stereocenters.